The standard InChI is InChI=1S/C15H27NO2/c1-2-3-4-5-8-11-14(17)16-13-10-7-6-9-12-15(16)18/h2-13H2,1H3. The molecule has 3 nitrogen and oxygen atoms in total. The second-order valence-electron chi connectivity index (χ2n) is 5.27. The highest BCUT2D eigenvalue weighted by Gasteiger charge is 2.21. The third-order valence-electron chi connectivity index (χ3n) is 3.62. The minimum absolute atomic E-state index is 0.0493. The van der Waals surface area contributed by atoms with Gasteiger partial charge in [-0.15, -0.1) is 0 Å². The van der Waals surface area contributed by atoms with Gasteiger partial charge >= 0.3 is 0 Å². The molecule has 0 spiro atoms. The molecule has 1 rings (SSSR count). The first-order valence-electron chi connectivity index (χ1n) is 7.59. The van der Waals surface area contributed by atoms with Gasteiger partial charge in [0.15, 0.2) is 0 Å². The van der Waals surface area contributed by atoms with Gasteiger partial charge in [0.05, 0.1) is 0 Å². The molecule has 1 aliphatic rings. The van der Waals surface area contributed by atoms with Crippen LogP contribution in [0.4, 0.5) is 0 Å². The van der Waals surface area contributed by atoms with Gasteiger partial charge in [0.1, 0.15) is 0 Å². The SMILES string of the molecule is CCCCCCCC(=O)N1CCCCCCC1=O. The van der Waals surface area contributed by atoms with Crippen molar-refractivity contribution >= 4 is 11.8 Å². The Morgan fingerprint density at radius 1 is 1.06 bits per heavy atom. The monoisotopic (exact) mass is 253 g/mol. The number of nitrogens with zero attached hydrogens (tertiary/aromatic N) is 1. The maximum atomic E-state index is 12.0. The summed E-state index contributed by atoms with van der Waals surface area (Å²) in [5.41, 5.74) is 0. The topological polar surface area (TPSA) is 37.4 Å². The fourth-order valence-corrected chi connectivity index (χ4v) is 2.44. The number of hydrogen-bond donors (Lipinski definition) is 0. The van der Waals surface area contributed by atoms with Crippen molar-refractivity contribution in [3.8, 4) is 0 Å². The molecule has 0 aromatic rings. The Labute approximate surface area is 111 Å². The lowest BCUT2D eigenvalue weighted by Gasteiger charge is -2.23. The summed E-state index contributed by atoms with van der Waals surface area (Å²) < 4.78 is 0. The Bertz CT molecular complexity index is 263. The van der Waals surface area contributed by atoms with E-state index in [9.17, 15) is 9.59 Å². The second kappa shape index (κ2) is 9.12. The van der Waals surface area contributed by atoms with Crippen molar-refractivity contribution in [2.75, 3.05) is 6.54 Å². The first-order valence-corrected chi connectivity index (χ1v) is 7.59. The van der Waals surface area contributed by atoms with Crippen molar-refractivity contribution < 1.29 is 9.59 Å². The van der Waals surface area contributed by atoms with E-state index in [0.29, 0.717) is 19.4 Å². The van der Waals surface area contributed by atoms with Gasteiger partial charge < -0.3 is 0 Å². The highest BCUT2D eigenvalue weighted by atomic mass is 16.2. The molecular formula is C15H27NO2. The first-order chi connectivity index (χ1) is 8.75. The predicted octanol–water partition coefficient (Wildman–Crippen LogP) is 3.67. The number of amides is 2. The van der Waals surface area contributed by atoms with Gasteiger partial charge in [0.2, 0.25) is 11.8 Å². The molecule has 0 saturated carbocycles. The first kappa shape index (κ1) is 15.2. The molecule has 0 aliphatic carbocycles. The number of imide groups is 1. The molecule has 0 atom stereocenters. The summed E-state index contributed by atoms with van der Waals surface area (Å²) in [5, 5.41) is 0. The molecule has 0 N–H and O–H groups in total. The van der Waals surface area contributed by atoms with Crippen molar-refractivity contribution in [2.24, 2.45) is 0 Å². The van der Waals surface area contributed by atoms with Crippen LogP contribution in [0, 0.1) is 0 Å². The number of rotatable bonds is 6. The van der Waals surface area contributed by atoms with Crippen molar-refractivity contribution in [3.05, 3.63) is 0 Å². The molecule has 0 radical (unpaired) electrons. The van der Waals surface area contributed by atoms with E-state index in [0.717, 1.165) is 38.5 Å². The molecule has 2 amide bonds. The van der Waals surface area contributed by atoms with E-state index in [4.69, 9.17) is 0 Å². The molecular weight excluding hydrogens is 226 g/mol. The van der Waals surface area contributed by atoms with Crippen molar-refractivity contribution in [3.63, 3.8) is 0 Å². The molecule has 1 heterocycles. The fraction of sp³-hybridized carbons (Fsp3) is 0.867. The van der Waals surface area contributed by atoms with E-state index in [1.807, 2.05) is 0 Å². The van der Waals surface area contributed by atoms with Crippen LogP contribution in [0.3, 0.4) is 0 Å². The van der Waals surface area contributed by atoms with E-state index in [-0.39, 0.29) is 11.8 Å². The molecule has 0 aromatic carbocycles. The molecule has 0 bridgehead atoms. The quantitative estimate of drug-likeness (QED) is 0.677. The van der Waals surface area contributed by atoms with Crippen LogP contribution in [0.5, 0.6) is 0 Å². The number of carbonyl (C=O) groups excluding carboxylic acids is 2. The summed E-state index contributed by atoms with van der Waals surface area (Å²) in [4.78, 5) is 25.4. The molecule has 1 aliphatic heterocycles. The summed E-state index contributed by atoms with van der Waals surface area (Å²) in [5.74, 6) is 0.103. The lowest BCUT2D eigenvalue weighted by molar-refractivity contribution is -0.145. The van der Waals surface area contributed by atoms with Crippen LogP contribution < -0.4 is 0 Å². The van der Waals surface area contributed by atoms with Crippen LogP contribution in [-0.2, 0) is 9.59 Å². The zero-order valence-electron chi connectivity index (χ0n) is 11.7. The minimum atomic E-state index is 0.0493. The molecule has 0 aromatic heterocycles. The number of unbranched alkanes of at least 4 members (excludes halogenated alkanes) is 4. The van der Waals surface area contributed by atoms with E-state index in [1.165, 1.54) is 24.2 Å². The molecule has 1 fully saturated rings. The van der Waals surface area contributed by atoms with Crippen LogP contribution in [-0.4, -0.2) is 23.3 Å². The molecule has 104 valence electrons. The summed E-state index contributed by atoms with van der Waals surface area (Å²) in [6.45, 7) is 2.83. The van der Waals surface area contributed by atoms with Crippen LogP contribution in [0.25, 0.3) is 0 Å². The van der Waals surface area contributed by atoms with Gasteiger partial charge in [0.25, 0.3) is 0 Å². The van der Waals surface area contributed by atoms with Crippen LogP contribution in [0.2, 0.25) is 0 Å². The zero-order valence-corrected chi connectivity index (χ0v) is 11.7. The van der Waals surface area contributed by atoms with Crippen LogP contribution in [0.15, 0.2) is 0 Å². The van der Waals surface area contributed by atoms with Gasteiger partial charge in [-0.2, -0.15) is 0 Å². The van der Waals surface area contributed by atoms with Crippen molar-refractivity contribution in [1.29, 1.82) is 0 Å². The van der Waals surface area contributed by atoms with Gasteiger partial charge in [-0.25, -0.2) is 0 Å². The summed E-state index contributed by atoms with van der Waals surface area (Å²) in [6.07, 6.45) is 11.0. The normalized spacial score (nSPS) is 17.4. The van der Waals surface area contributed by atoms with Crippen LogP contribution in [0.1, 0.15) is 77.6 Å². The Balaban J connectivity index is 2.26. The van der Waals surface area contributed by atoms with Gasteiger partial charge in [-0.05, 0) is 19.3 Å². The number of likely N-dealkylation sites (tertiary alicyclic amines) is 1. The van der Waals surface area contributed by atoms with E-state index in [1.54, 1.807) is 0 Å². The molecule has 0 unspecified atom stereocenters. The summed E-state index contributed by atoms with van der Waals surface area (Å²) in [6, 6.07) is 0. The largest absolute Gasteiger partial charge is 0.283 e. The Morgan fingerprint density at radius 3 is 2.56 bits per heavy atom. The van der Waals surface area contributed by atoms with E-state index in [2.05, 4.69) is 6.92 Å². The van der Waals surface area contributed by atoms with Crippen LogP contribution >= 0.6 is 0 Å². The maximum absolute atomic E-state index is 12.0. The van der Waals surface area contributed by atoms with Gasteiger partial charge in [0, 0.05) is 19.4 Å². The Hall–Kier alpha value is -0.860. The third-order valence-corrected chi connectivity index (χ3v) is 3.62. The number of carbonyl (C=O) groups is 2. The van der Waals surface area contributed by atoms with Crippen molar-refractivity contribution in [1.82, 2.24) is 4.90 Å². The summed E-state index contributed by atoms with van der Waals surface area (Å²) in [7, 11) is 0. The Morgan fingerprint density at radius 2 is 1.78 bits per heavy atom. The maximum Gasteiger partial charge on any atom is 0.229 e. The third kappa shape index (κ3) is 5.65. The van der Waals surface area contributed by atoms with E-state index < -0.39 is 0 Å². The average molecular weight is 253 g/mol. The minimum Gasteiger partial charge on any atom is -0.283 e. The second-order valence-corrected chi connectivity index (χ2v) is 5.27. The predicted molar refractivity (Wildman–Crippen MR) is 73.2 cm³/mol. The van der Waals surface area contributed by atoms with E-state index >= 15 is 0 Å². The number of hydrogen-bond acceptors (Lipinski definition) is 2. The fourth-order valence-electron chi connectivity index (χ4n) is 2.44. The van der Waals surface area contributed by atoms with Crippen molar-refractivity contribution in [2.45, 2.75) is 77.6 Å². The smallest absolute Gasteiger partial charge is 0.229 e. The zero-order chi connectivity index (χ0) is 13.2. The molecule has 1 saturated heterocycles. The molecule has 18 heavy (non-hydrogen) atoms. The molecule has 3 heteroatoms. The summed E-state index contributed by atoms with van der Waals surface area (Å²) >= 11 is 0. The highest BCUT2D eigenvalue weighted by Crippen LogP contribution is 2.14. The lowest BCUT2D eigenvalue weighted by atomic mass is 10.1. The Kier molecular flexibility index (Phi) is 7.70. The highest BCUT2D eigenvalue weighted by molar-refractivity contribution is 5.95. The van der Waals surface area contributed by atoms with Gasteiger partial charge in [-0.3, -0.25) is 14.5 Å². The lowest BCUT2D eigenvalue weighted by Crippen LogP contribution is -2.38. The average Bonchev–Trinajstić information content (AvgIpc) is 2.34. The van der Waals surface area contributed by atoms with Gasteiger partial charge in [-0.1, -0.05) is 45.4 Å².